The summed E-state index contributed by atoms with van der Waals surface area (Å²) in [7, 11) is 3.88. The molecule has 0 fully saturated rings. The zero-order valence-electron chi connectivity index (χ0n) is 17.7. The summed E-state index contributed by atoms with van der Waals surface area (Å²) in [6, 6.07) is 17.6. The fourth-order valence-electron chi connectivity index (χ4n) is 3.58. The standard InChI is InChI=1S/C23H26N6O/c1-15-21-16(2)29(27-22(21)23(26-25-15)28(3)4)19-12-8-9-13-20(19)30-14-18(24)17-10-6-5-7-11-17/h5-13,18H,14,24H2,1-4H3. The summed E-state index contributed by atoms with van der Waals surface area (Å²) >= 11 is 0. The van der Waals surface area contributed by atoms with E-state index in [-0.39, 0.29) is 6.04 Å². The first-order valence-corrected chi connectivity index (χ1v) is 9.90. The predicted octanol–water partition coefficient (Wildman–Crippen LogP) is 3.58. The molecule has 2 N–H and O–H groups in total. The molecule has 1 unspecified atom stereocenters. The van der Waals surface area contributed by atoms with Crippen LogP contribution in [0.25, 0.3) is 16.6 Å². The molecule has 154 valence electrons. The van der Waals surface area contributed by atoms with Gasteiger partial charge in [-0.1, -0.05) is 42.5 Å². The third-order valence-electron chi connectivity index (χ3n) is 5.15. The number of nitrogens with zero attached hydrogens (tertiary/aromatic N) is 5. The molecule has 0 bridgehead atoms. The van der Waals surface area contributed by atoms with Gasteiger partial charge in [-0.3, -0.25) is 0 Å². The van der Waals surface area contributed by atoms with Gasteiger partial charge in [0.1, 0.15) is 23.6 Å². The van der Waals surface area contributed by atoms with Crippen LogP contribution in [0.15, 0.2) is 54.6 Å². The molecule has 0 aliphatic carbocycles. The summed E-state index contributed by atoms with van der Waals surface area (Å²) in [5.74, 6) is 1.46. The van der Waals surface area contributed by atoms with E-state index in [1.807, 2.05) is 92.1 Å². The summed E-state index contributed by atoms with van der Waals surface area (Å²) < 4.78 is 8.04. The molecule has 0 saturated heterocycles. The third-order valence-corrected chi connectivity index (χ3v) is 5.15. The van der Waals surface area contributed by atoms with Gasteiger partial charge in [-0.15, -0.1) is 5.10 Å². The molecule has 30 heavy (non-hydrogen) atoms. The molecule has 0 radical (unpaired) electrons. The van der Waals surface area contributed by atoms with Crippen molar-refractivity contribution < 1.29 is 4.74 Å². The van der Waals surface area contributed by atoms with Crippen LogP contribution in [0.4, 0.5) is 5.82 Å². The zero-order chi connectivity index (χ0) is 21.3. The van der Waals surface area contributed by atoms with Gasteiger partial charge in [0.2, 0.25) is 0 Å². The van der Waals surface area contributed by atoms with Crippen molar-refractivity contribution in [2.75, 3.05) is 25.6 Å². The van der Waals surface area contributed by atoms with Gasteiger partial charge in [0.05, 0.1) is 22.8 Å². The van der Waals surface area contributed by atoms with Crippen LogP contribution in [-0.2, 0) is 0 Å². The van der Waals surface area contributed by atoms with Crippen LogP contribution in [0.5, 0.6) is 5.75 Å². The largest absolute Gasteiger partial charge is 0.489 e. The van der Waals surface area contributed by atoms with Gasteiger partial charge in [0, 0.05) is 14.1 Å². The minimum atomic E-state index is -0.215. The van der Waals surface area contributed by atoms with E-state index in [4.69, 9.17) is 15.6 Å². The van der Waals surface area contributed by atoms with Gasteiger partial charge >= 0.3 is 0 Å². The molecular formula is C23H26N6O. The average Bonchev–Trinajstić information content (AvgIpc) is 3.10. The molecule has 0 aliphatic rings. The number of rotatable bonds is 6. The summed E-state index contributed by atoms with van der Waals surface area (Å²) in [6.07, 6.45) is 0. The van der Waals surface area contributed by atoms with E-state index in [0.29, 0.717) is 6.61 Å². The van der Waals surface area contributed by atoms with Gasteiger partial charge in [0.15, 0.2) is 5.82 Å². The quantitative estimate of drug-likeness (QED) is 0.531. The van der Waals surface area contributed by atoms with Crippen LogP contribution in [0.3, 0.4) is 0 Å². The maximum absolute atomic E-state index is 6.33. The second-order valence-electron chi connectivity index (χ2n) is 7.52. The highest BCUT2D eigenvalue weighted by Gasteiger charge is 2.19. The smallest absolute Gasteiger partial charge is 0.179 e. The molecule has 0 aliphatic heterocycles. The van der Waals surface area contributed by atoms with E-state index in [1.54, 1.807) is 0 Å². The fraction of sp³-hybridized carbons (Fsp3) is 0.261. The second-order valence-corrected chi connectivity index (χ2v) is 7.52. The SMILES string of the molecule is Cc1nnc(N(C)C)c2nn(-c3ccccc3OCC(N)c3ccccc3)c(C)c12. The number of aryl methyl sites for hydroxylation is 2. The molecule has 4 aromatic rings. The molecule has 2 aromatic heterocycles. The fourth-order valence-corrected chi connectivity index (χ4v) is 3.58. The van der Waals surface area contributed by atoms with Crippen molar-refractivity contribution in [3.8, 4) is 11.4 Å². The summed E-state index contributed by atoms with van der Waals surface area (Å²) in [5, 5.41) is 14.5. The number of nitrogens with two attached hydrogens (primary N) is 1. The maximum Gasteiger partial charge on any atom is 0.179 e. The molecule has 7 nitrogen and oxygen atoms in total. The zero-order valence-corrected chi connectivity index (χ0v) is 17.7. The summed E-state index contributed by atoms with van der Waals surface area (Å²) in [5.41, 5.74) is 10.9. The number of anilines is 1. The topological polar surface area (TPSA) is 82.1 Å². The Bertz CT molecular complexity index is 1170. The van der Waals surface area contributed by atoms with Gasteiger partial charge in [-0.05, 0) is 31.5 Å². The lowest BCUT2D eigenvalue weighted by molar-refractivity contribution is 0.289. The van der Waals surface area contributed by atoms with Crippen molar-refractivity contribution >= 4 is 16.7 Å². The number of fused-ring (bicyclic) bond motifs is 1. The first-order chi connectivity index (χ1) is 14.5. The highest BCUT2D eigenvalue weighted by molar-refractivity contribution is 5.92. The molecule has 1 atom stereocenters. The number of benzene rings is 2. The van der Waals surface area contributed by atoms with Crippen LogP contribution in [0.2, 0.25) is 0 Å². The lowest BCUT2D eigenvalue weighted by atomic mass is 10.1. The molecule has 2 aromatic carbocycles. The minimum absolute atomic E-state index is 0.215. The van der Waals surface area contributed by atoms with E-state index < -0.39 is 0 Å². The van der Waals surface area contributed by atoms with Crippen LogP contribution in [-0.4, -0.2) is 40.7 Å². The molecule has 0 spiro atoms. The summed E-state index contributed by atoms with van der Waals surface area (Å²) in [4.78, 5) is 1.92. The van der Waals surface area contributed by atoms with E-state index in [0.717, 1.165) is 45.1 Å². The Labute approximate surface area is 176 Å². The first kappa shape index (κ1) is 19.8. The number of hydrogen-bond acceptors (Lipinski definition) is 6. The van der Waals surface area contributed by atoms with E-state index in [2.05, 4.69) is 10.2 Å². The van der Waals surface area contributed by atoms with Gasteiger partial charge < -0.3 is 15.4 Å². The molecule has 0 amide bonds. The third kappa shape index (κ3) is 3.59. The van der Waals surface area contributed by atoms with E-state index in [1.165, 1.54) is 0 Å². The number of ether oxygens (including phenoxy) is 1. The maximum atomic E-state index is 6.33. The van der Waals surface area contributed by atoms with E-state index >= 15 is 0 Å². The van der Waals surface area contributed by atoms with Gasteiger partial charge in [0.25, 0.3) is 0 Å². The predicted molar refractivity (Wildman–Crippen MR) is 119 cm³/mol. The minimum Gasteiger partial charge on any atom is -0.489 e. The monoisotopic (exact) mass is 402 g/mol. The molecule has 4 rings (SSSR count). The van der Waals surface area contributed by atoms with Crippen molar-refractivity contribution in [3.05, 3.63) is 71.5 Å². The van der Waals surface area contributed by atoms with E-state index in [9.17, 15) is 0 Å². The summed E-state index contributed by atoms with van der Waals surface area (Å²) in [6.45, 7) is 4.36. The molecule has 2 heterocycles. The number of hydrogen-bond donors (Lipinski definition) is 1. The van der Waals surface area contributed by atoms with Gasteiger partial charge in [-0.2, -0.15) is 10.2 Å². The highest BCUT2D eigenvalue weighted by Crippen LogP contribution is 2.31. The molecule has 7 heteroatoms. The van der Waals surface area contributed by atoms with Crippen molar-refractivity contribution in [2.45, 2.75) is 19.9 Å². The lowest BCUT2D eigenvalue weighted by Gasteiger charge is -2.16. The average molecular weight is 403 g/mol. The Balaban J connectivity index is 1.72. The number of aromatic nitrogens is 4. The normalized spacial score (nSPS) is 12.2. The van der Waals surface area contributed by atoms with Gasteiger partial charge in [-0.25, -0.2) is 4.68 Å². The highest BCUT2D eigenvalue weighted by atomic mass is 16.5. The van der Waals surface area contributed by atoms with Crippen LogP contribution in [0.1, 0.15) is 23.0 Å². The number of para-hydroxylation sites is 2. The van der Waals surface area contributed by atoms with Crippen molar-refractivity contribution in [2.24, 2.45) is 5.73 Å². The van der Waals surface area contributed by atoms with Crippen LogP contribution >= 0.6 is 0 Å². The van der Waals surface area contributed by atoms with Crippen LogP contribution < -0.4 is 15.4 Å². The Hall–Kier alpha value is -3.45. The molecule has 0 saturated carbocycles. The lowest BCUT2D eigenvalue weighted by Crippen LogP contribution is -2.19. The van der Waals surface area contributed by atoms with Crippen LogP contribution in [0, 0.1) is 13.8 Å². The van der Waals surface area contributed by atoms with Crippen molar-refractivity contribution in [1.29, 1.82) is 0 Å². The Morgan fingerprint density at radius 2 is 1.70 bits per heavy atom. The van der Waals surface area contributed by atoms with Crippen molar-refractivity contribution in [1.82, 2.24) is 20.0 Å². The first-order valence-electron chi connectivity index (χ1n) is 9.90. The second kappa shape index (κ2) is 8.12. The molecular weight excluding hydrogens is 376 g/mol. The Morgan fingerprint density at radius 3 is 2.43 bits per heavy atom. The Kier molecular flexibility index (Phi) is 5.37. The Morgan fingerprint density at radius 1 is 1.00 bits per heavy atom. The van der Waals surface area contributed by atoms with Crippen molar-refractivity contribution in [3.63, 3.8) is 0 Å².